The van der Waals surface area contributed by atoms with Crippen molar-refractivity contribution in [2.75, 3.05) is 0 Å². The van der Waals surface area contributed by atoms with E-state index < -0.39 is 0 Å². The highest BCUT2D eigenvalue weighted by Gasteiger charge is 2.22. The molecule has 0 radical (unpaired) electrons. The lowest BCUT2D eigenvalue weighted by Gasteiger charge is -2.19. The van der Waals surface area contributed by atoms with Gasteiger partial charge in [-0.15, -0.1) is 0 Å². The van der Waals surface area contributed by atoms with Gasteiger partial charge >= 0.3 is 0 Å². The molecule has 0 saturated heterocycles. The Morgan fingerprint density at radius 2 is 0.872 bits per heavy atom. The summed E-state index contributed by atoms with van der Waals surface area (Å²) < 4.78 is 6.60. The molecular formula is C46H28O. The summed E-state index contributed by atoms with van der Waals surface area (Å²) in [6.07, 6.45) is 1.99. The van der Waals surface area contributed by atoms with Crippen LogP contribution in [0.3, 0.4) is 0 Å². The molecule has 0 aliphatic heterocycles. The molecule has 10 rings (SSSR count). The Bertz CT molecular complexity index is 2840. The Morgan fingerprint density at radius 1 is 0.298 bits per heavy atom. The van der Waals surface area contributed by atoms with Crippen LogP contribution in [0, 0.1) is 0 Å². The minimum absolute atomic E-state index is 0.924. The van der Waals surface area contributed by atoms with E-state index in [4.69, 9.17) is 4.42 Å². The van der Waals surface area contributed by atoms with Gasteiger partial charge in [-0.1, -0.05) is 140 Å². The molecule has 10 aromatic rings. The molecule has 1 heteroatoms. The summed E-state index contributed by atoms with van der Waals surface area (Å²) in [4.78, 5) is 0. The van der Waals surface area contributed by atoms with Crippen LogP contribution in [0.2, 0.25) is 0 Å². The summed E-state index contributed by atoms with van der Waals surface area (Å²) >= 11 is 0. The first-order valence-electron chi connectivity index (χ1n) is 16.2. The zero-order valence-electron chi connectivity index (χ0n) is 25.6. The molecule has 1 aromatic heterocycles. The molecule has 0 aliphatic rings. The van der Waals surface area contributed by atoms with Crippen LogP contribution in [0.4, 0.5) is 0 Å². The second-order valence-electron chi connectivity index (χ2n) is 12.5. The number of fused-ring (bicyclic) bond motifs is 8. The second kappa shape index (κ2) is 10.2. The standard InChI is InChI=1S/C46H28O/c1-2-10-29(11-3-1)37-21-18-31-13-7-9-17-36(31)44(37)41-23-20-34-26-32-14-4-5-15-33(32)27-42(34)45(41)43-28-47-46-39-22-19-30-12-6-8-16-35(30)38(39)24-25-40(43)46/h1-28H. The molecule has 0 amide bonds. The van der Waals surface area contributed by atoms with E-state index in [0.29, 0.717) is 0 Å². The molecular weight excluding hydrogens is 569 g/mol. The third-order valence-electron chi connectivity index (χ3n) is 9.90. The normalized spacial score (nSPS) is 11.8. The fourth-order valence-corrected chi connectivity index (χ4v) is 7.71. The van der Waals surface area contributed by atoms with Crippen molar-refractivity contribution in [2.24, 2.45) is 0 Å². The molecule has 0 unspecified atom stereocenters. The van der Waals surface area contributed by atoms with E-state index in [0.717, 1.165) is 21.9 Å². The van der Waals surface area contributed by atoms with Crippen molar-refractivity contribution in [3.05, 3.63) is 170 Å². The van der Waals surface area contributed by atoms with Crippen LogP contribution in [0.1, 0.15) is 0 Å². The minimum atomic E-state index is 0.924. The van der Waals surface area contributed by atoms with E-state index in [1.165, 1.54) is 76.3 Å². The monoisotopic (exact) mass is 596 g/mol. The van der Waals surface area contributed by atoms with Gasteiger partial charge < -0.3 is 4.42 Å². The predicted molar refractivity (Wildman–Crippen MR) is 200 cm³/mol. The summed E-state index contributed by atoms with van der Waals surface area (Å²) in [6, 6.07) is 59.5. The first-order chi connectivity index (χ1) is 23.3. The first-order valence-corrected chi connectivity index (χ1v) is 16.2. The van der Waals surface area contributed by atoms with E-state index >= 15 is 0 Å². The van der Waals surface area contributed by atoms with Crippen molar-refractivity contribution in [3.63, 3.8) is 0 Å². The van der Waals surface area contributed by atoms with Crippen molar-refractivity contribution in [2.45, 2.75) is 0 Å². The van der Waals surface area contributed by atoms with Crippen LogP contribution < -0.4 is 0 Å². The van der Waals surface area contributed by atoms with Gasteiger partial charge in [0, 0.05) is 21.9 Å². The van der Waals surface area contributed by atoms with Crippen LogP contribution >= 0.6 is 0 Å². The third-order valence-corrected chi connectivity index (χ3v) is 9.90. The lowest BCUT2D eigenvalue weighted by molar-refractivity contribution is 0.620. The molecule has 0 saturated carbocycles. The van der Waals surface area contributed by atoms with E-state index in [1.807, 2.05) is 6.26 Å². The van der Waals surface area contributed by atoms with Gasteiger partial charge in [-0.2, -0.15) is 0 Å². The molecule has 218 valence electrons. The Kier molecular flexibility index (Phi) is 5.64. The van der Waals surface area contributed by atoms with Crippen molar-refractivity contribution >= 4 is 64.8 Å². The fraction of sp³-hybridized carbons (Fsp3) is 0. The highest BCUT2D eigenvalue weighted by molar-refractivity contribution is 6.21. The maximum Gasteiger partial charge on any atom is 0.142 e. The molecule has 0 aliphatic carbocycles. The van der Waals surface area contributed by atoms with Gasteiger partial charge in [0.2, 0.25) is 0 Å². The zero-order valence-corrected chi connectivity index (χ0v) is 25.6. The minimum Gasteiger partial charge on any atom is -0.463 e. The molecule has 1 nitrogen and oxygen atoms in total. The van der Waals surface area contributed by atoms with E-state index in [-0.39, 0.29) is 0 Å². The van der Waals surface area contributed by atoms with Gasteiger partial charge in [-0.05, 0) is 95.0 Å². The number of hydrogen-bond acceptors (Lipinski definition) is 1. The van der Waals surface area contributed by atoms with Gasteiger partial charge in [-0.25, -0.2) is 0 Å². The summed E-state index contributed by atoms with van der Waals surface area (Å²) in [7, 11) is 0. The third kappa shape index (κ3) is 3.97. The summed E-state index contributed by atoms with van der Waals surface area (Å²) in [5, 5.41) is 13.3. The maximum atomic E-state index is 6.60. The molecule has 0 N–H and O–H groups in total. The first kappa shape index (κ1) is 26.1. The largest absolute Gasteiger partial charge is 0.463 e. The summed E-state index contributed by atoms with van der Waals surface area (Å²) in [5.41, 5.74) is 8.08. The van der Waals surface area contributed by atoms with Gasteiger partial charge in [-0.3, -0.25) is 0 Å². The van der Waals surface area contributed by atoms with Gasteiger partial charge in [0.15, 0.2) is 0 Å². The maximum absolute atomic E-state index is 6.60. The van der Waals surface area contributed by atoms with Crippen LogP contribution in [0.25, 0.3) is 98.2 Å². The average molecular weight is 597 g/mol. The van der Waals surface area contributed by atoms with Gasteiger partial charge in [0.05, 0.1) is 6.26 Å². The average Bonchev–Trinajstić information content (AvgIpc) is 3.57. The highest BCUT2D eigenvalue weighted by Crippen LogP contribution is 2.48. The Morgan fingerprint density at radius 3 is 1.70 bits per heavy atom. The van der Waals surface area contributed by atoms with E-state index in [2.05, 4.69) is 164 Å². The SMILES string of the molecule is c1ccc(-c2ccc3ccccc3c2-c2ccc3cc4ccccc4cc3c2-c2coc3c2ccc2c4ccccc4ccc23)cc1. The summed E-state index contributed by atoms with van der Waals surface area (Å²) in [6.45, 7) is 0. The molecule has 0 spiro atoms. The Balaban J connectivity index is 1.36. The smallest absolute Gasteiger partial charge is 0.142 e. The van der Waals surface area contributed by atoms with Gasteiger partial charge in [0.25, 0.3) is 0 Å². The number of rotatable bonds is 3. The highest BCUT2D eigenvalue weighted by atomic mass is 16.3. The lowest BCUT2D eigenvalue weighted by Crippen LogP contribution is -1.93. The Hall–Kier alpha value is -6.18. The Labute approximate surface area is 271 Å². The zero-order chi connectivity index (χ0) is 30.9. The molecule has 0 bridgehead atoms. The van der Waals surface area contributed by atoms with Crippen LogP contribution in [-0.2, 0) is 0 Å². The van der Waals surface area contributed by atoms with Crippen molar-refractivity contribution in [1.82, 2.24) is 0 Å². The van der Waals surface area contributed by atoms with Crippen molar-refractivity contribution in [1.29, 1.82) is 0 Å². The quantitative estimate of drug-likeness (QED) is 0.146. The molecule has 47 heavy (non-hydrogen) atoms. The number of furan rings is 1. The van der Waals surface area contributed by atoms with E-state index in [9.17, 15) is 0 Å². The lowest BCUT2D eigenvalue weighted by atomic mass is 9.83. The number of benzene rings is 9. The number of hydrogen-bond donors (Lipinski definition) is 0. The van der Waals surface area contributed by atoms with Crippen LogP contribution in [0.15, 0.2) is 174 Å². The summed E-state index contributed by atoms with van der Waals surface area (Å²) in [5.74, 6) is 0. The van der Waals surface area contributed by atoms with Crippen LogP contribution in [-0.4, -0.2) is 0 Å². The predicted octanol–water partition coefficient (Wildman–Crippen LogP) is 13.2. The molecule has 9 aromatic carbocycles. The van der Waals surface area contributed by atoms with Crippen molar-refractivity contribution < 1.29 is 4.42 Å². The second-order valence-corrected chi connectivity index (χ2v) is 12.5. The van der Waals surface area contributed by atoms with Crippen LogP contribution in [0.5, 0.6) is 0 Å². The molecule has 0 fully saturated rings. The fourth-order valence-electron chi connectivity index (χ4n) is 7.71. The topological polar surface area (TPSA) is 13.1 Å². The van der Waals surface area contributed by atoms with E-state index in [1.54, 1.807) is 0 Å². The van der Waals surface area contributed by atoms with Crippen molar-refractivity contribution in [3.8, 4) is 33.4 Å². The van der Waals surface area contributed by atoms with Gasteiger partial charge in [0.1, 0.15) is 5.58 Å². The molecule has 0 atom stereocenters. The molecule has 1 heterocycles.